The van der Waals surface area contributed by atoms with Crippen LogP contribution in [0.5, 0.6) is 5.75 Å². The van der Waals surface area contributed by atoms with Crippen LogP contribution in [0.15, 0.2) is 29.8 Å². The van der Waals surface area contributed by atoms with Crippen molar-refractivity contribution in [2.24, 2.45) is 23.2 Å². The first-order chi connectivity index (χ1) is 16.2. The maximum Gasteiger partial charge on any atom is 0.412 e. The number of hydrogen-bond donors (Lipinski definition) is 1. The SMILES string of the molecule is C[C@]12CC[C@@H]3c4ccc(O)cc4CC[C@H]3[C@@H]1[C@H](CCCC(=O)N1CCOCC1)C=C2C(F)(F)F. The average Bonchev–Trinajstić information content (AvgIpc) is 3.12. The standard InChI is InChI=1S/C27H34F3NO3/c1-26-10-9-21-20-8-6-19(32)15-17(20)5-7-22(21)25(26)18(16-23(26)27(28,29)30)3-2-4-24(33)31-11-13-34-14-12-31/h6,8,15-16,18,21-22,25,32H,2-5,7,9-14H2,1H3/t18-,21-,22-,25+,26-/m1/s1. The Kier molecular flexibility index (Phi) is 6.20. The second kappa shape index (κ2) is 8.89. The summed E-state index contributed by atoms with van der Waals surface area (Å²) in [5.41, 5.74) is 1.13. The van der Waals surface area contributed by atoms with Crippen LogP contribution in [0.4, 0.5) is 13.2 Å². The van der Waals surface area contributed by atoms with Gasteiger partial charge >= 0.3 is 6.18 Å². The van der Waals surface area contributed by atoms with E-state index in [2.05, 4.69) is 0 Å². The fourth-order valence-electron chi connectivity index (χ4n) is 7.57. The number of rotatable bonds is 4. The van der Waals surface area contributed by atoms with E-state index in [0.29, 0.717) is 52.0 Å². The molecule has 4 aliphatic rings. The Hall–Kier alpha value is -2.02. The largest absolute Gasteiger partial charge is 0.508 e. The number of nitrogens with zero attached hydrogens (tertiary/aromatic N) is 1. The number of allylic oxidation sites excluding steroid dienone is 2. The predicted octanol–water partition coefficient (Wildman–Crippen LogP) is 5.60. The maximum atomic E-state index is 14.2. The Bertz CT molecular complexity index is 968. The van der Waals surface area contributed by atoms with E-state index in [1.165, 1.54) is 11.6 Å². The fraction of sp³-hybridized carbons (Fsp3) is 0.667. The van der Waals surface area contributed by atoms with Crippen molar-refractivity contribution in [3.8, 4) is 5.75 Å². The van der Waals surface area contributed by atoms with Gasteiger partial charge in [0.1, 0.15) is 5.75 Å². The number of carbonyl (C=O) groups is 1. The molecule has 1 saturated heterocycles. The molecule has 0 radical (unpaired) electrons. The fourth-order valence-corrected chi connectivity index (χ4v) is 7.57. The molecule has 1 saturated carbocycles. The van der Waals surface area contributed by atoms with Crippen molar-refractivity contribution >= 4 is 5.91 Å². The van der Waals surface area contributed by atoms with Crippen molar-refractivity contribution in [3.63, 3.8) is 0 Å². The van der Waals surface area contributed by atoms with Crippen molar-refractivity contribution in [1.29, 1.82) is 0 Å². The van der Waals surface area contributed by atoms with E-state index in [0.717, 1.165) is 24.8 Å². The van der Waals surface area contributed by atoms with Crippen LogP contribution in [0.2, 0.25) is 0 Å². The molecule has 5 rings (SSSR count). The highest BCUT2D eigenvalue weighted by molar-refractivity contribution is 5.76. The third kappa shape index (κ3) is 4.14. The minimum Gasteiger partial charge on any atom is -0.508 e. The highest BCUT2D eigenvalue weighted by Crippen LogP contribution is 2.65. The van der Waals surface area contributed by atoms with Gasteiger partial charge in [0.2, 0.25) is 5.91 Å². The van der Waals surface area contributed by atoms with Gasteiger partial charge in [-0.05, 0) is 85.5 Å². The van der Waals surface area contributed by atoms with Crippen LogP contribution in [-0.2, 0) is 16.0 Å². The molecule has 1 amide bonds. The quantitative estimate of drug-likeness (QED) is 0.574. The second-order valence-electron chi connectivity index (χ2n) is 10.8. The zero-order valence-electron chi connectivity index (χ0n) is 19.7. The number of aromatic hydroxyl groups is 1. The van der Waals surface area contributed by atoms with Crippen molar-refractivity contribution in [2.75, 3.05) is 26.3 Å². The van der Waals surface area contributed by atoms with Gasteiger partial charge in [-0.3, -0.25) is 4.79 Å². The molecular formula is C27H34F3NO3. The summed E-state index contributed by atoms with van der Waals surface area (Å²) in [6.07, 6.45) is 1.71. The van der Waals surface area contributed by atoms with E-state index in [-0.39, 0.29) is 40.9 Å². The Morgan fingerprint density at radius 2 is 2.00 bits per heavy atom. The zero-order valence-corrected chi connectivity index (χ0v) is 19.7. The first-order valence-corrected chi connectivity index (χ1v) is 12.7. The molecule has 1 N–H and O–H groups in total. The molecule has 7 heteroatoms. The molecule has 0 aromatic heterocycles. The summed E-state index contributed by atoms with van der Waals surface area (Å²) in [6, 6.07) is 5.51. The first-order valence-electron chi connectivity index (χ1n) is 12.7. The Morgan fingerprint density at radius 1 is 1.24 bits per heavy atom. The number of hydrogen-bond acceptors (Lipinski definition) is 3. The molecule has 1 aromatic carbocycles. The van der Waals surface area contributed by atoms with Gasteiger partial charge in [-0.2, -0.15) is 13.2 Å². The van der Waals surface area contributed by atoms with Crippen LogP contribution in [-0.4, -0.2) is 48.4 Å². The summed E-state index contributed by atoms with van der Waals surface area (Å²) < 4.78 is 47.9. The number of phenols is 1. The molecule has 1 heterocycles. The van der Waals surface area contributed by atoms with Gasteiger partial charge in [-0.15, -0.1) is 0 Å². The molecule has 34 heavy (non-hydrogen) atoms. The molecule has 5 atom stereocenters. The van der Waals surface area contributed by atoms with E-state index < -0.39 is 11.6 Å². The van der Waals surface area contributed by atoms with Gasteiger partial charge in [0.25, 0.3) is 0 Å². The van der Waals surface area contributed by atoms with Gasteiger partial charge < -0.3 is 14.7 Å². The van der Waals surface area contributed by atoms with Gasteiger partial charge in [0.15, 0.2) is 0 Å². The van der Waals surface area contributed by atoms with Crippen LogP contribution < -0.4 is 0 Å². The van der Waals surface area contributed by atoms with Gasteiger partial charge in [-0.25, -0.2) is 0 Å². The molecular weight excluding hydrogens is 443 g/mol. The number of amides is 1. The summed E-state index contributed by atoms with van der Waals surface area (Å²) in [6.45, 7) is 4.13. The highest BCUT2D eigenvalue weighted by atomic mass is 19.4. The monoisotopic (exact) mass is 477 g/mol. The van der Waals surface area contributed by atoms with E-state index in [1.54, 1.807) is 6.07 Å². The number of alkyl halides is 3. The number of aryl methyl sites for hydroxylation is 1. The summed E-state index contributed by atoms with van der Waals surface area (Å²) in [5.74, 6) is 0.529. The molecule has 186 valence electrons. The van der Waals surface area contributed by atoms with Gasteiger partial charge in [0.05, 0.1) is 13.2 Å². The van der Waals surface area contributed by atoms with Gasteiger partial charge in [0, 0.05) is 30.5 Å². The first kappa shape index (κ1) is 23.7. The minimum absolute atomic E-state index is 0.0664. The van der Waals surface area contributed by atoms with Crippen LogP contribution in [0.3, 0.4) is 0 Å². The van der Waals surface area contributed by atoms with Crippen LogP contribution in [0, 0.1) is 23.2 Å². The molecule has 0 unspecified atom stereocenters. The second-order valence-corrected chi connectivity index (χ2v) is 10.8. The smallest absolute Gasteiger partial charge is 0.412 e. The number of carbonyl (C=O) groups excluding carboxylic acids is 1. The molecule has 4 nitrogen and oxygen atoms in total. The number of morpholine rings is 1. The Labute approximate surface area is 199 Å². The topological polar surface area (TPSA) is 49.8 Å². The van der Waals surface area contributed by atoms with E-state index in [9.17, 15) is 23.1 Å². The molecule has 0 spiro atoms. The number of fused-ring (bicyclic) bond motifs is 5. The van der Waals surface area contributed by atoms with E-state index >= 15 is 0 Å². The molecule has 1 aromatic rings. The highest BCUT2D eigenvalue weighted by Gasteiger charge is 2.60. The summed E-state index contributed by atoms with van der Waals surface area (Å²) in [7, 11) is 0. The predicted molar refractivity (Wildman–Crippen MR) is 122 cm³/mol. The van der Waals surface area contributed by atoms with Crippen LogP contribution in [0.1, 0.15) is 62.5 Å². The van der Waals surface area contributed by atoms with Gasteiger partial charge in [-0.1, -0.05) is 19.1 Å². The van der Waals surface area contributed by atoms with Crippen molar-refractivity contribution in [1.82, 2.24) is 4.90 Å². The summed E-state index contributed by atoms with van der Waals surface area (Å²) in [5, 5.41) is 9.91. The van der Waals surface area contributed by atoms with Crippen molar-refractivity contribution in [2.45, 2.75) is 64.0 Å². The maximum absolute atomic E-state index is 14.2. The molecule has 1 aliphatic heterocycles. The zero-order chi connectivity index (χ0) is 24.1. The Morgan fingerprint density at radius 3 is 2.74 bits per heavy atom. The lowest BCUT2D eigenvalue weighted by Gasteiger charge is -2.52. The van der Waals surface area contributed by atoms with E-state index in [4.69, 9.17) is 4.74 Å². The average molecular weight is 478 g/mol. The summed E-state index contributed by atoms with van der Waals surface area (Å²) in [4.78, 5) is 14.4. The third-order valence-corrected chi connectivity index (χ3v) is 9.02. The summed E-state index contributed by atoms with van der Waals surface area (Å²) >= 11 is 0. The van der Waals surface area contributed by atoms with Crippen molar-refractivity contribution in [3.05, 3.63) is 41.0 Å². The molecule has 0 bridgehead atoms. The molecule has 2 fully saturated rings. The van der Waals surface area contributed by atoms with E-state index in [1.807, 2.05) is 24.0 Å². The van der Waals surface area contributed by atoms with Crippen molar-refractivity contribution < 1.29 is 27.8 Å². The molecule has 3 aliphatic carbocycles. The third-order valence-electron chi connectivity index (χ3n) is 9.02. The lowest BCUT2D eigenvalue weighted by atomic mass is 9.52. The minimum atomic E-state index is -4.32. The van der Waals surface area contributed by atoms with Crippen LogP contribution >= 0.6 is 0 Å². The number of phenolic OH excluding ortho intramolecular Hbond substituents is 1. The Balaban J connectivity index is 1.36. The number of ether oxygens (including phenoxy) is 1. The lowest BCUT2D eigenvalue weighted by molar-refractivity contribution is -0.135. The number of halogens is 3. The lowest BCUT2D eigenvalue weighted by Crippen LogP contribution is -2.45. The van der Waals surface area contributed by atoms with Crippen LogP contribution in [0.25, 0.3) is 0 Å². The normalized spacial score (nSPS) is 33.1. The number of benzene rings is 1.